The zero-order valence-corrected chi connectivity index (χ0v) is 8.30. The fraction of sp³-hybridized carbons (Fsp3) is 1.00. The maximum atomic E-state index is 2.28. The van der Waals surface area contributed by atoms with Gasteiger partial charge in [0.25, 0.3) is 0 Å². The van der Waals surface area contributed by atoms with Gasteiger partial charge in [-0.3, -0.25) is 0 Å². The van der Waals surface area contributed by atoms with Crippen LogP contribution in [0.2, 0.25) is 9.45 Å². The monoisotopic (exact) mass is 162 g/mol. The summed E-state index contributed by atoms with van der Waals surface area (Å²) >= 11 is 0.496. The Hall–Kier alpha value is 0.714. The summed E-state index contributed by atoms with van der Waals surface area (Å²) in [5.41, 5.74) is 0. The molecule has 0 saturated heterocycles. The van der Waals surface area contributed by atoms with Crippen LogP contribution in [0.5, 0.6) is 0 Å². The molecule has 0 aromatic rings. The van der Waals surface area contributed by atoms with E-state index in [1.165, 1.54) is 25.7 Å². The molecule has 0 N–H and O–H groups in total. The number of unbranched alkanes of at least 4 members (excludes halogenated alkanes) is 2. The molecule has 0 bridgehead atoms. The van der Waals surface area contributed by atoms with Crippen molar-refractivity contribution < 1.29 is 19.2 Å². The van der Waals surface area contributed by atoms with Crippen LogP contribution in [-0.4, -0.2) is 0 Å². The van der Waals surface area contributed by atoms with E-state index >= 15 is 0 Å². The minimum atomic E-state index is 0.496. The van der Waals surface area contributed by atoms with Crippen molar-refractivity contribution in [1.29, 1.82) is 0 Å². The van der Waals surface area contributed by atoms with Crippen molar-refractivity contribution in [3.8, 4) is 0 Å². The molecule has 0 rings (SSSR count). The van der Waals surface area contributed by atoms with Crippen molar-refractivity contribution in [1.82, 2.24) is 0 Å². The molecule has 9 heavy (non-hydrogen) atoms. The number of rotatable bonds is 6. The second kappa shape index (κ2) is 8.71. The van der Waals surface area contributed by atoms with Crippen molar-refractivity contribution in [3.63, 3.8) is 0 Å². The zero-order chi connectivity index (χ0) is 6.95. The number of hydrogen-bond donors (Lipinski definition) is 0. The van der Waals surface area contributed by atoms with Gasteiger partial charge < -0.3 is 0 Å². The molecule has 0 spiro atoms. The summed E-state index contributed by atoms with van der Waals surface area (Å²) in [6, 6.07) is 0. The quantitative estimate of drug-likeness (QED) is 0.414. The Bertz CT molecular complexity index is 37.8. The van der Waals surface area contributed by atoms with Crippen LogP contribution in [0.1, 0.15) is 39.5 Å². The first-order valence-electron chi connectivity index (χ1n) is 4.12. The molecule has 0 aliphatic carbocycles. The van der Waals surface area contributed by atoms with Crippen LogP contribution < -0.4 is 0 Å². The predicted molar refractivity (Wildman–Crippen MR) is 39.4 cm³/mol. The molecule has 0 atom stereocenters. The van der Waals surface area contributed by atoms with Crippen LogP contribution in [0.25, 0.3) is 0 Å². The molecular formula is C8H18Ti. The molecule has 0 aromatic heterocycles. The molecule has 0 unspecified atom stereocenters. The van der Waals surface area contributed by atoms with Gasteiger partial charge in [0.1, 0.15) is 0 Å². The molecule has 0 aromatic carbocycles. The third kappa shape index (κ3) is 8.71. The second-order valence-electron chi connectivity index (χ2n) is 2.46. The zero-order valence-electron chi connectivity index (χ0n) is 6.74. The molecule has 0 aliphatic rings. The molecule has 0 nitrogen and oxygen atoms in total. The van der Waals surface area contributed by atoms with Crippen LogP contribution in [-0.2, 0) is 19.2 Å². The molecule has 0 heterocycles. The summed E-state index contributed by atoms with van der Waals surface area (Å²) in [4.78, 5) is 0. The van der Waals surface area contributed by atoms with Crippen molar-refractivity contribution in [3.05, 3.63) is 0 Å². The third-order valence-corrected chi connectivity index (χ3v) is 3.62. The molecular weight excluding hydrogens is 144 g/mol. The fourth-order valence-corrected chi connectivity index (χ4v) is 3.00. The average molecular weight is 162 g/mol. The van der Waals surface area contributed by atoms with E-state index in [-0.39, 0.29) is 0 Å². The van der Waals surface area contributed by atoms with E-state index in [4.69, 9.17) is 0 Å². The Balaban J connectivity index is 2.60. The van der Waals surface area contributed by atoms with Gasteiger partial charge in [0.2, 0.25) is 0 Å². The van der Waals surface area contributed by atoms with E-state index in [2.05, 4.69) is 13.8 Å². The normalized spacial score (nSPS) is 9.56. The first-order chi connectivity index (χ1) is 4.41. The molecule has 0 aliphatic heterocycles. The number of hydrogen-bond acceptors (Lipinski definition) is 0. The van der Waals surface area contributed by atoms with Gasteiger partial charge in [-0.1, -0.05) is 0 Å². The second-order valence-corrected chi connectivity index (χ2v) is 4.80. The first-order valence-corrected chi connectivity index (χ1v) is 6.33. The van der Waals surface area contributed by atoms with E-state index in [0.717, 1.165) is 0 Å². The molecule has 54 valence electrons. The van der Waals surface area contributed by atoms with Crippen molar-refractivity contribution in [2.45, 2.75) is 49.0 Å². The Morgan fingerprint density at radius 3 is 1.67 bits per heavy atom. The van der Waals surface area contributed by atoms with Gasteiger partial charge in [0, 0.05) is 0 Å². The first kappa shape index (κ1) is 9.71. The average Bonchev–Trinajstić information content (AvgIpc) is 1.89. The summed E-state index contributed by atoms with van der Waals surface area (Å²) < 4.78 is 3.16. The van der Waals surface area contributed by atoms with Crippen LogP contribution in [0.4, 0.5) is 0 Å². The van der Waals surface area contributed by atoms with Gasteiger partial charge in [-0.05, 0) is 0 Å². The summed E-state index contributed by atoms with van der Waals surface area (Å²) in [6.45, 7) is 4.57. The summed E-state index contributed by atoms with van der Waals surface area (Å²) in [5.74, 6) is 0. The molecule has 0 amide bonds. The van der Waals surface area contributed by atoms with Gasteiger partial charge in [0.15, 0.2) is 0 Å². The van der Waals surface area contributed by atoms with Gasteiger partial charge in [-0.2, -0.15) is 0 Å². The fourth-order valence-electron chi connectivity index (χ4n) is 0.729. The van der Waals surface area contributed by atoms with Crippen molar-refractivity contribution in [2.24, 2.45) is 0 Å². The Morgan fingerprint density at radius 1 is 0.889 bits per heavy atom. The summed E-state index contributed by atoms with van der Waals surface area (Å²) in [5, 5.41) is 0. The van der Waals surface area contributed by atoms with Crippen molar-refractivity contribution >= 4 is 0 Å². The molecule has 0 fully saturated rings. The molecule has 0 radical (unpaired) electrons. The Labute approximate surface area is 68.3 Å². The van der Waals surface area contributed by atoms with Gasteiger partial charge >= 0.3 is 68.1 Å². The standard InChI is InChI=1S/2C4H9.Ti/c2*1-3-4-2;/h2*1,3-4H2,2H3;. The van der Waals surface area contributed by atoms with Crippen molar-refractivity contribution in [2.75, 3.05) is 0 Å². The van der Waals surface area contributed by atoms with E-state index in [1.54, 1.807) is 9.45 Å². The maximum absolute atomic E-state index is 2.28. The Morgan fingerprint density at radius 2 is 1.33 bits per heavy atom. The van der Waals surface area contributed by atoms with Crippen LogP contribution >= 0.6 is 0 Å². The SMILES string of the molecule is CCC[CH2][Ti][CH2]CCC. The van der Waals surface area contributed by atoms with E-state index in [1.807, 2.05) is 0 Å². The summed E-state index contributed by atoms with van der Waals surface area (Å²) in [6.07, 6.45) is 5.78. The topological polar surface area (TPSA) is 0 Å². The third-order valence-electron chi connectivity index (χ3n) is 1.41. The van der Waals surface area contributed by atoms with Gasteiger partial charge in [0.05, 0.1) is 0 Å². The van der Waals surface area contributed by atoms with E-state index in [9.17, 15) is 0 Å². The van der Waals surface area contributed by atoms with E-state index in [0.29, 0.717) is 19.2 Å². The van der Waals surface area contributed by atoms with Crippen LogP contribution in [0, 0.1) is 0 Å². The van der Waals surface area contributed by atoms with Gasteiger partial charge in [-0.15, -0.1) is 0 Å². The van der Waals surface area contributed by atoms with Crippen LogP contribution in [0.15, 0.2) is 0 Å². The Kier molecular flexibility index (Phi) is 9.41. The minimum absolute atomic E-state index is 0.496. The summed E-state index contributed by atoms with van der Waals surface area (Å²) in [7, 11) is 0. The van der Waals surface area contributed by atoms with Gasteiger partial charge in [-0.25, -0.2) is 0 Å². The predicted octanol–water partition coefficient (Wildman–Crippen LogP) is 3.51. The van der Waals surface area contributed by atoms with Crippen LogP contribution in [0.3, 0.4) is 0 Å². The molecule has 1 heteroatoms. The molecule has 0 saturated carbocycles. The van der Waals surface area contributed by atoms with E-state index < -0.39 is 0 Å².